The van der Waals surface area contributed by atoms with Gasteiger partial charge in [0, 0.05) is 12.4 Å². The van der Waals surface area contributed by atoms with Gasteiger partial charge in [-0.15, -0.1) is 0 Å². The summed E-state index contributed by atoms with van der Waals surface area (Å²) < 4.78 is 4.98. The number of hydrogen-bond donors (Lipinski definition) is 2. The van der Waals surface area contributed by atoms with Gasteiger partial charge in [-0.2, -0.15) is 0 Å². The van der Waals surface area contributed by atoms with E-state index in [0.29, 0.717) is 11.6 Å². The van der Waals surface area contributed by atoms with Crippen LogP contribution in [0.1, 0.15) is 0 Å². The van der Waals surface area contributed by atoms with Crippen LogP contribution in [0.4, 0.5) is 10.6 Å². The predicted octanol–water partition coefficient (Wildman–Crippen LogP) is 1.59. The fourth-order valence-corrected chi connectivity index (χ4v) is 1.10. The second-order valence-corrected chi connectivity index (χ2v) is 3.04. The Hall–Kier alpha value is -2.63. The van der Waals surface area contributed by atoms with Gasteiger partial charge < -0.3 is 4.74 Å². The van der Waals surface area contributed by atoms with Crippen LogP contribution in [0.15, 0.2) is 48.9 Å². The first-order chi connectivity index (χ1) is 8.34. The van der Waals surface area contributed by atoms with E-state index in [0.717, 1.165) is 0 Å². The molecule has 0 aliphatic rings. The number of ether oxygens (including phenoxy) is 1. The van der Waals surface area contributed by atoms with Crippen molar-refractivity contribution in [2.45, 2.75) is 0 Å². The lowest BCUT2D eigenvalue weighted by atomic mass is 10.3. The molecule has 6 nitrogen and oxygen atoms in total. The molecule has 0 bridgehead atoms. The second-order valence-electron chi connectivity index (χ2n) is 3.04. The lowest BCUT2D eigenvalue weighted by molar-refractivity contribution is 0.203. The largest absolute Gasteiger partial charge is 0.431 e. The number of nitrogens with one attached hydrogen (secondary N) is 2. The highest BCUT2D eigenvalue weighted by molar-refractivity contribution is 5.71. The van der Waals surface area contributed by atoms with Gasteiger partial charge in [0.05, 0.1) is 6.20 Å². The Morgan fingerprint density at radius 2 is 2.00 bits per heavy atom. The average Bonchev–Trinajstić information content (AvgIpc) is 2.39. The zero-order valence-electron chi connectivity index (χ0n) is 8.83. The third kappa shape index (κ3) is 3.45. The fourth-order valence-electron chi connectivity index (χ4n) is 1.10. The number of benzene rings is 1. The maximum atomic E-state index is 11.3. The van der Waals surface area contributed by atoms with Gasteiger partial charge in [0.25, 0.3) is 0 Å². The highest BCUT2D eigenvalue weighted by Gasteiger charge is 2.02. The van der Waals surface area contributed by atoms with Crippen molar-refractivity contribution in [1.82, 2.24) is 15.4 Å². The number of anilines is 1. The molecule has 2 aromatic rings. The quantitative estimate of drug-likeness (QED) is 0.783. The number of nitrogens with zero attached hydrogens (tertiary/aromatic N) is 2. The van der Waals surface area contributed by atoms with E-state index >= 15 is 0 Å². The Morgan fingerprint density at radius 3 is 2.71 bits per heavy atom. The Labute approximate surface area is 97.6 Å². The number of carbonyl (C=O) groups excluding carboxylic acids is 1. The predicted molar refractivity (Wildman–Crippen MR) is 61.3 cm³/mol. The van der Waals surface area contributed by atoms with E-state index in [4.69, 9.17) is 4.74 Å². The van der Waals surface area contributed by atoms with Gasteiger partial charge in [-0.05, 0) is 12.1 Å². The normalized spacial score (nSPS) is 9.41. The molecule has 0 fully saturated rings. The molecule has 0 aliphatic heterocycles. The Bertz CT molecular complexity index is 475. The molecular weight excluding hydrogens is 220 g/mol. The summed E-state index contributed by atoms with van der Waals surface area (Å²) in [6, 6.07) is 8.75. The zero-order chi connectivity index (χ0) is 11.9. The molecule has 1 aromatic heterocycles. The molecule has 17 heavy (non-hydrogen) atoms. The number of carbonyl (C=O) groups is 1. The summed E-state index contributed by atoms with van der Waals surface area (Å²) >= 11 is 0. The van der Waals surface area contributed by atoms with E-state index in [9.17, 15) is 4.79 Å². The molecule has 0 aliphatic carbocycles. The number of hydrazine groups is 1. The standard InChI is InChI=1S/C11H10N4O2/c16-11(17-9-4-2-1-3-5-9)15-14-10-8-12-6-7-13-10/h1-8H,(H,13,14)(H,15,16). The van der Waals surface area contributed by atoms with Crippen molar-refractivity contribution in [1.29, 1.82) is 0 Å². The van der Waals surface area contributed by atoms with Crippen LogP contribution in [-0.4, -0.2) is 16.1 Å². The minimum atomic E-state index is -0.623. The lowest BCUT2D eigenvalue weighted by Crippen LogP contribution is -2.32. The van der Waals surface area contributed by atoms with Gasteiger partial charge in [-0.25, -0.2) is 15.2 Å². The first-order valence-corrected chi connectivity index (χ1v) is 4.89. The van der Waals surface area contributed by atoms with Crippen molar-refractivity contribution in [3.63, 3.8) is 0 Å². The van der Waals surface area contributed by atoms with Crippen LogP contribution in [-0.2, 0) is 0 Å². The Balaban J connectivity index is 1.83. The molecule has 1 aromatic carbocycles. The molecule has 0 saturated heterocycles. The van der Waals surface area contributed by atoms with Gasteiger partial charge in [0.2, 0.25) is 0 Å². The monoisotopic (exact) mass is 230 g/mol. The van der Waals surface area contributed by atoms with Gasteiger partial charge in [-0.3, -0.25) is 10.4 Å². The minimum absolute atomic E-state index is 0.428. The lowest BCUT2D eigenvalue weighted by Gasteiger charge is -2.07. The molecule has 6 heteroatoms. The van der Waals surface area contributed by atoms with Gasteiger partial charge in [0.15, 0.2) is 5.82 Å². The smallest absolute Gasteiger partial charge is 0.409 e. The van der Waals surface area contributed by atoms with Crippen LogP contribution >= 0.6 is 0 Å². The van der Waals surface area contributed by atoms with Crippen molar-refractivity contribution in [2.75, 3.05) is 5.43 Å². The maximum absolute atomic E-state index is 11.3. The first kappa shape index (κ1) is 10.9. The van der Waals surface area contributed by atoms with Gasteiger partial charge in [-0.1, -0.05) is 18.2 Å². The molecule has 0 unspecified atom stereocenters. The summed E-state index contributed by atoms with van der Waals surface area (Å²) in [6.45, 7) is 0. The Kier molecular flexibility index (Phi) is 3.49. The molecule has 0 spiro atoms. The molecule has 1 amide bonds. The maximum Gasteiger partial charge on any atom is 0.431 e. The number of para-hydroxylation sites is 1. The summed E-state index contributed by atoms with van der Waals surface area (Å²) in [5.74, 6) is 0.892. The molecular formula is C11H10N4O2. The van der Waals surface area contributed by atoms with E-state index < -0.39 is 6.09 Å². The van der Waals surface area contributed by atoms with Gasteiger partial charge in [0.1, 0.15) is 5.75 Å². The first-order valence-electron chi connectivity index (χ1n) is 4.89. The molecule has 0 atom stereocenters. The van der Waals surface area contributed by atoms with E-state index in [1.165, 1.54) is 18.6 Å². The number of aromatic nitrogens is 2. The average molecular weight is 230 g/mol. The van der Waals surface area contributed by atoms with E-state index in [-0.39, 0.29) is 0 Å². The summed E-state index contributed by atoms with van der Waals surface area (Å²) in [6.07, 6.45) is 3.89. The number of hydrogen-bond acceptors (Lipinski definition) is 5. The third-order valence-electron chi connectivity index (χ3n) is 1.81. The van der Waals surface area contributed by atoms with Crippen molar-refractivity contribution < 1.29 is 9.53 Å². The van der Waals surface area contributed by atoms with Crippen LogP contribution in [0.3, 0.4) is 0 Å². The highest BCUT2D eigenvalue weighted by atomic mass is 16.6. The van der Waals surface area contributed by atoms with Crippen molar-refractivity contribution in [3.8, 4) is 5.75 Å². The summed E-state index contributed by atoms with van der Waals surface area (Å²) in [7, 11) is 0. The SMILES string of the molecule is O=C(NNc1cnccn1)Oc1ccccc1. The second kappa shape index (κ2) is 5.45. The Morgan fingerprint density at radius 1 is 1.18 bits per heavy atom. The molecule has 0 saturated carbocycles. The van der Waals surface area contributed by atoms with Crippen LogP contribution in [0, 0.1) is 0 Å². The summed E-state index contributed by atoms with van der Waals surface area (Å²) in [5, 5.41) is 0. The van der Waals surface area contributed by atoms with Crippen LogP contribution < -0.4 is 15.6 Å². The van der Waals surface area contributed by atoms with E-state index in [2.05, 4.69) is 20.8 Å². The molecule has 2 rings (SSSR count). The van der Waals surface area contributed by atoms with Crippen molar-refractivity contribution >= 4 is 11.9 Å². The zero-order valence-corrected chi connectivity index (χ0v) is 8.83. The fraction of sp³-hybridized carbons (Fsp3) is 0. The minimum Gasteiger partial charge on any atom is -0.409 e. The van der Waals surface area contributed by atoms with Crippen molar-refractivity contribution in [3.05, 3.63) is 48.9 Å². The number of rotatable bonds is 3. The molecule has 2 N–H and O–H groups in total. The third-order valence-corrected chi connectivity index (χ3v) is 1.81. The molecule has 86 valence electrons. The van der Waals surface area contributed by atoms with E-state index in [1.807, 2.05) is 6.07 Å². The van der Waals surface area contributed by atoms with Crippen LogP contribution in [0.2, 0.25) is 0 Å². The molecule has 1 heterocycles. The van der Waals surface area contributed by atoms with Gasteiger partial charge >= 0.3 is 6.09 Å². The van der Waals surface area contributed by atoms with Crippen LogP contribution in [0.25, 0.3) is 0 Å². The highest BCUT2D eigenvalue weighted by Crippen LogP contribution is 2.08. The van der Waals surface area contributed by atoms with Crippen molar-refractivity contribution in [2.24, 2.45) is 0 Å². The molecule has 0 radical (unpaired) electrons. The van der Waals surface area contributed by atoms with Crippen LogP contribution in [0.5, 0.6) is 5.75 Å². The van der Waals surface area contributed by atoms with E-state index in [1.54, 1.807) is 24.3 Å². The number of amides is 1. The summed E-state index contributed by atoms with van der Waals surface area (Å²) in [5.41, 5.74) is 4.90. The summed E-state index contributed by atoms with van der Waals surface area (Å²) in [4.78, 5) is 19.1. The topological polar surface area (TPSA) is 76.1 Å².